The molecular weight excluding hydrogens is 320 g/mol. The predicted octanol–water partition coefficient (Wildman–Crippen LogP) is 1.99. The largest absolute Gasteiger partial charge is 0.494 e. The van der Waals surface area contributed by atoms with Crippen molar-refractivity contribution < 1.29 is 19.1 Å². The van der Waals surface area contributed by atoms with Gasteiger partial charge in [-0.05, 0) is 31.4 Å². The molecule has 2 amide bonds. The zero-order valence-electron chi connectivity index (χ0n) is 14.9. The Labute approximate surface area is 149 Å². The number of methoxy groups -OCH3 is 1. The van der Waals surface area contributed by atoms with Crippen molar-refractivity contribution in [3.05, 3.63) is 30.3 Å². The Morgan fingerprint density at radius 2 is 1.84 bits per heavy atom. The predicted molar refractivity (Wildman–Crippen MR) is 95.4 cm³/mol. The van der Waals surface area contributed by atoms with Crippen LogP contribution in [0.2, 0.25) is 0 Å². The first-order valence-electron chi connectivity index (χ1n) is 8.93. The van der Waals surface area contributed by atoms with E-state index in [0.717, 1.165) is 18.6 Å². The van der Waals surface area contributed by atoms with Gasteiger partial charge < -0.3 is 19.7 Å². The van der Waals surface area contributed by atoms with Crippen LogP contribution in [0.25, 0.3) is 0 Å². The minimum Gasteiger partial charge on any atom is -0.494 e. The van der Waals surface area contributed by atoms with Gasteiger partial charge in [0.05, 0.1) is 13.2 Å². The number of amides is 2. The summed E-state index contributed by atoms with van der Waals surface area (Å²) in [4.78, 5) is 25.8. The molecule has 0 aromatic heterocycles. The summed E-state index contributed by atoms with van der Waals surface area (Å²) in [6, 6.07) is 9.79. The molecule has 0 bridgehead atoms. The Balaban J connectivity index is 1.58. The highest BCUT2D eigenvalue weighted by Crippen LogP contribution is 2.13. The van der Waals surface area contributed by atoms with Crippen LogP contribution in [-0.2, 0) is 14.3 Å². The molecular formula is C19H28N2O4. The molecule has 6 heteroatoms. The summed E-state index contributed by atoms with van der Waals surface area (Å²) in [5, 5.41) is 3.01. The van der Waals surface area contributed by atoms with Crippen LogP contribution in [0.3, 0.4) is 0 Å². The number of likely N-dealkylation sites (tertiary alicyclic amines) is 1. The Morgan fingerprint density at radius 3 is 2.52 bits per heavy atom. The standard InChI is InChI=1S/C19H28N2O4/c1-24-15-11-18(22)20-16-9-12-21(13-10-16)19(23)8-5-14-25-17-6-3-2-4-7-17/h2-4,6-7,16H,5,8-15H2,1H3,(H,20,22). The number of carbonyl (C=O) groups excluding carboxylic acids is 2. The minimum absolute atomic E-state index is 0.0182. The van der Waals surface area contributed by atoms with Crippen LogP contribution in [0, 0.1) is 0 Å². The summed E-state index contributed by atoms with van der Waals surface area (Å²) in [5.74, 6) is 1.02. The second-order valence-corrected chi connectivity index (χ2v) is 6.23. The molecule has 1 saturated heterocycles. The van der Waals surface area contributed by atoms with Crippen LogP contribution in [0.15, 0.2) is 30.3 Å². The second-order valence-electron chi connectivity index (χ2n) is 6.23. The molecule has 0 saturated carbocycles. The molecule has 0 spiro atoms. The van der Waals surface area contributed by atoms with E-state index in [0.29, 0.717) is 45.6 Å². The molecule has 0 atom stereocenters. The number of hydrogen-bond acceptors (Lipinski definition) is 4. The van der Waals surface area contributed by atoms with Crippen molar-refractivity contribution in [1.82, 2.24) is 10.2 Å². The van der Waals surface area contributed by atoms with E-state index >= 15 is 0 Å². The summed E-state index contributed by atoms with van der Waals surface area (Å²) in [7, 11) is 1.59. The number of para-hydroxylation sites is 1. The van der Waals surface area contributed by atoms with Crippen LogP contribution in [0.1, 0.15) is 32.1 Å². The fourth-order valence-corrected chi connectivity index (χ4v) is 2.86. The molecule has 1 N–H and O–H groups in total. The van der Waals surface area contributed by atoms with E-state index in [1.165, 1.54) is 0 Å². The van der Waals surface area contributed by atoms with Crippen LogP contribution in [0.5, 0.6) is 5.75 Å². The maximum absolute atomic E-state index is 12.2. The molecule has 0 aliphatic carbocycles. The molecule has 0 unspecified atom stereocenters. The molecule has 1 fully saturated rings. The average Bonchev–Trinajstić information content (AvgIpc) is 2.65. The summed E-state index contributed by atoms with van der Waals surface area (Å²) < 4.78 is 10.5. The molecule has 1 heterocycles. The molecule has 0 radical (unpaired) electrons. The molecule has 1 aliphatic heterocycles. The fraction of sp³-hybridized carbons (Fsp3) is 0.579. The summed E-state index contributed by atoms with van der Waals surface area (Å²) >= 11 is 0. The van der Waals surface area contributed by atoms with Crippen LogP contribution < -0.4 is 10.1 Å². The van der Waals surface area contributed by atoms with Crippen molar-refractivity contribution in [2.75, 3.05) is 33.4 Å². The number of benzene rings is 1. The van der Waals surface area contributed by atoms with Gasteiger partial charge in [0.15, 0.2) is 0 Å². The SMILES string of the molecule is COCCC(=O)NC1CCN(C(=O)CCCOc2ccccc2)CC1. The van der Waals surface area contributed by atoms with Crippen molar-refractivity contribution in [3.8, 4) is 5.75 Å². The van der Waals surface area contributed by atoms with Gasteiger partial charge in [-0.25, -0.2) is 0 Å². The van der Waals surface area contributed by atoms with Crippen molar-refractivity contribution >= 4 is 11.8 Å². The molecule has 138 valence electrons. The van der Waals surface area contributed by atoms with Crippen molar-refractivity contribution in [2.24, 2.45) is 0 Å². The van der Waals surface area contributed by atoms with E-state index in [4.69, 9.17) is 9.47 Å². The van der Waals surface area contributed by atoms with E-state index in [9.17, 15) is 9.59 Å². The molecule has 25 heavy (non-hydrogen) atoms. The van der Waals surface area contributed by atoms with Crippen molar-refractivity contribution in [2.45, 2.75) is 38.1 Å². The van der Waals surface area contributed by atoms with Crippen LogP contribution >= 0.6 is 0 Å². The first-order valence-corrected chi connectivity index (χ1v) is 8.93. The third-order valence-electron chi connectivity index (χ3n) is 4.29. The Kier molecular flexibility index (Phi) is 8.25. The first-order chi connectivity index (χ1) is 12.2. The third-order valence-corrected chi connectivity index (χ3v) is 4.29. The van der Waals surface area contributed by atoms with Gasteiger partial charge in [0.25, 0.3) is 0 Å². The minimum atomic E-state index is 0.0182. The number of nitrogens with zero attached hydrogens (tertiary/aromatic N) is 1. The van der Waals surface area contributed by atoms with E-state index in [1.807, 2.05) is 35.2 Å². The van der Waals surface area contributed by atoms with Crippen LogP contribution in [0.4, 0.5) is 0 Å². The highest BCUT2D eigenvalue weighted by molar-refractivity contribution is 5.77. The van der Waals surface area contributed by atoms with Gasteiger partial charge in [-0.15, -0.1) is 0 Å². The number of rotatable bonds is 9. The third kappa shape index (κ3) is 7.13. The summed E-state index contributed by atoms with van der Waals surface area (Å²) in [5.41, 5.74) is 0. The molecule has 1 aromatic carbocycles. The first kappa shape index (κ1) is 19.2. The van der Waals surface area contributed by atoms with Gasteiger partial charge in [0.1, 0.15) is 5.75 Å². The zero-order valence-corrected chi connectivity index (χ0v) is 14.9. The second kappa shape index (κ2) is 10.7. The summed E-state index contributed by atoms with van der Waals surface area (Å²) in [6.45, 7) is 2.39. The molecule has 1 aromatic rings. The van der Waals surface area contributed by atoms with Gasteiger partial charge in [0, 0.05) is 39.1 Å². The Hall–Kier alpha value is -2.08. The van der Waals surface area contributed by atoms with Gasteiger partial charge in [-0.2, -0.15) is 0 Å². The van der Waals surface area contributed by atoms with E-state index in [1.54, 1.807) is 7.11 Å². The molecule has 2 rings (SSSR count). The average molecular weight is 348 g/mol. The van der Waals surface area contributed by atoms with E-state index in [2.05, 4.69) is 5.32 Å². The van der Waals surface area contributed by atoms with E-state index in [-0.39, 0.29) is 17.9 Å². The molecule has 6 nitrogen and oxygen atoms in total. The fourth-order valence-electron chi connectivity index (χ4n) is 2.86. The number of ether oxygens (including phenoxy) is 2. The normalized spacial score (nSPS) is 15.0. The summed E-state index contributed by atoms with van der Waals surface area (Å²) in [6.07, 6.45) is 3.21. The highest BCUT2D eigenvalue weighted by atomic mass is 16.5. The topological polar surface area (TPSA) is 67.9 Å². The zero-order chi connectivity index (χ0) is 17.9. The van der Waals surface area contributed by atoms with Gasteiger partial charge >= 0.3 is 0 Å². The van der Waals surface area contributed by atoms with Gasteiger partial charge in [-0.1, -0.05) is 18.2 Å². The number of carbonyl (C=O) groups is 2. The smallest absolute Gasteiger partial charge is 0.222 e. The lowest BCUT2D eigenvalue weighted by molar-refractivity contribution is -0.132. The lowest BCUT2D eigenvalue weighted by Gasteiger charge is -2.32. The lowest BCUT2D eigenvalue weighted by atomic mass is 10.0. The Bertz CT molecular complexity index is 527. The quantitative estimate of drug-likeness (QED) is 0.693. The number of hydrogen-bond donors (Lipinski definition) is 1. The van der Waals surface area contributed by atoms with Crippen LogP contribution in [-0.4, -0.2) is 56.2 Å². The number of piperidine rings is 1. The monoisotopic (exact) mass is 348 g/mol. The van der Waals surface area contributed by atoms with Crippen molar-refractivity contribution in [3.63, 3.8) is 0 Å². The Morgan fingerprint density at radius 1 is 1.12 bits per heavy atom. The molecule has 1 aliphatic rings. The van der Waals surface area contributed by atoms with Gasteiger partial charge in [0.2, 0.25) is 11.8 Å². The van der Waals surface area contributed by atoms with E-state index < -0.39 is 0 Å². The van der Waals surface area contributed by atoms with Crippen molar-refractivity contribution in [1.29, 1.82) is 0 Å². The highest BCUT2D eigenvalue weighted by Gasteiger charge is 2.23. The maximum atomic E-state index is 12.2. The number of nitrogens with one attached hydrogen (secondary N) is 1. The lowest BCUT2D eigenvalue weighted by Crippen LogP contribution is -2.46. The maximum Gasteiger partial charge on any atom is 0.222 e. The van der Waals surface area contributed by atoms with Gasteiger partial charge in [-0.3, -0.25) is 9.59 Å².